The molecule has 1 aromatic heterocycles. The maximum absolute atomic E-state index is 11.8. The van der Waals surface area contributed by atoms with Gasteiger partial charge in [0.15, 0.2) is 0 Å². The molecule has 94 valence electrons. The number of tetrazole rings is 1. The Labute approximate surface area is 104 Å². The summed E-state index contributed by atoms with van der Waals surface area (Å²) in [5.74, 6) is -0.384. The SMILES string of the molecule is COCCc1ccccc1NC(=O)c1nn[nH]n1. The van der Waals surface area contributed by atoms with Gasteiger partial charge in [-0.25, -0.2) is 0 Å². The van der Waals surface area contributed by atoms with Gasteiger partial charge in [0.2, 0.25) is 0 Å². The highest BCUT2D eigenvalue weighted by Crippen LogP contribution is 2.16. The Morgan fingerprint density at radius 1 is 1.44 bits per heavy atom. The maximum Gasteiger partial charge on any atom is 0.297 e. The van der Waals surface area contributed by atoms with Crippen LogP contribution in [0.5, 0.6) is 0 Å². The van der Waals surface area contributed by atoms with E-state index in [1.165, 1.54) is 0 Å². The molecule has 0 bridgehead atoms. The second-order valence-electron chi connectivity index (χ2n) is 3.59. The van der Waals surface area contributed by atoms with E-state index < -0.39 is 5.91 Å². The Kier molecular flexibility index (Phi) is 3.98. The van der Waals surface area contributed by atoms with Crippen molar-refractivity contribution < 1.29 is 9.53 Å². The van der Waals surface area contributed by atoms with Gasteiger partial charge in [-0.3, -0.25) is 4.79 Å². The molecular weight excluding hydrogens is 234 g/mol. The second kappa shape index (κ2) is 5.87. The Morgan fingerprint density at radius 3 is 3.00 bits per heavy atom. The van der Waals surface area contributed by atoms with Crippen LogP contribution in [0.25, 0.3) is 0 Å². The average Bonchev–Trinajstić information content (AvgIpc) is 2.91. The molecule has 7 nitrogen and oxygen atoms in total. The molecule has 0 unspecified atom stereocenters. The van der Waals surface area contributed by atoms with E-state index in [1.807, 2.05) is 24.3 Å². The monoisotopic (exact) mass is 247 g/mol. The molecule has 0 fully saturated rings. The number of nitrogens with zero attached hydrogens (tertiary/aromatic N) is 3. The first kappa shape index (κ1) is 12.2. The molecule has 0 aliphatic heterocycles. The second-order valence-corrected chi connectivity index (χ2v) is 3.59. The van der Waals surface area contributed by atoms with Crippen molar-refractivity contribution in [3.05, 3.63) is 35.7 Å². The molecule has 0 aliphatic carbocycles. The minimum atomic E-state index is -0.395. The number of methoxy groups -OCH3 is 1. The average molecular weight is 247 g/mol. The molecule has 1 heterocycles. The van der Waals surface area contributed by atoms with Crippen LogP contribution in [0.4, 0.5) is 5.69 Å². The number of carbonyl (C=O) groups excluding carboxylic acids is 1. The van der Waals surface area contributed by atoms with E-state index in [1.54, 1.807) is 7.11 Å². The fourth-order valence-electron chi connectivity index (χ4n) is 1.51. The van der Waals surface area contributed by atoms with Crippen molar-refractivity contribution in [2.24, 2.45) is 0 Å². The molecule has 18 heavy (non-hydrogen) atoms. The summed E-state index contributed by atoms with van der Waals surface area (Å²) in [7, 11) is 1.64. The van der Waals surface area contributed by atoms with Gasteiger partial charge in [0, 0.05) is 12.8 Å². The number of para-hydroxylation sites is 1. The van der Waals surface area contributed by atoms with Gasteiger partial charge in [-0.2, -0.15) is 5.21 Å². The molecule has 0 aliphatic rings. The third-order valence-electron chi connectivity index (χ3n) is 2.39. The van der Waals surface area contributed by atoms with Crippen LogP contribution in [-0.4, -0.2) is 40.2 Å². The van der Waals surface area contributed by atoms with Crippen molar-refractivity contribution in [3.8, 4) is 0 Å². The zero-order chi connectivity index (χ0) is 12.8. The van der Waals surface area contributed by atoms with E-state index in [9.17, 15) is 4.79 Å². The van der Waals surface area contributed by atoms with Gasteiger partial charge >= 0.3 is 0 Å². The number of hydrogen-bond donors (Lipinski definition) is 2. The minimum Gasteiger partial charge on any atom is -0.384 e. The van der Waals surface area contributed by atoms with Crippen LogP contribution in [0.3, 0.4) is 0 Å². The highest BCUT2D eigenvalue weighted by Gasteiger charge is 2.12. The number of aromatic nitrogens is 4. The van der Waals surface area contributed by atoms with E-state index in [-0.39, 0.29) is 5.82 Å². The summed E-state index contributed by atoms with van der Waals surface area (Å²) in [4.78, 5) is 11.8. The fourth-order valence-corrected chi connectivity index (χ4v) is 1.51. The molecule has 2 N–H and O–H groups in total. The number of H-pyrrole nitrogens is 1. The van der Waals surface area contributed by atoms with Crippen LogP contribution < -0.4 is 5.32 Å². The number of carbonyl (C=O) groups is 1. The molecule has 0 saturated heterocycles. The van der Waals surface area contributed by atoms with Gasteiger partial charge in [0.1, 0.15) is 0 Å². The molecule has 2 rings (SSSR count). The summed E-state index contributed by atoms with van der Waals surface area (Å²) in [6, 6.07) is 7.52. The molecule has 1 amide bonds. The normalized spacial score (nSPS) is 10.3. The summed E-state index contributed by atoms with van der Waals surface area (Å²) in [6.07, 6.45) is 0.721. The number of hydrogen-bond acceptors (Lipinski definition) is 5. The van der Waals surface area contributed by atoms with Gasteiger partial charge in [-0.05, 0) is 23.3 Å². The Balaban J connectivity index is 2.11. The minimum absolute atomic E-state index is 0.0107. The number of benzene rings is 1. The Morgan fingerprint density at radius 2 is 2.28 bits per heavy atom. The third kappa shape index (κ3) is 2.89. The molecule has 7 heteroatoms. The van der Waals surface area contributed by atoms with E-state index in [2.05, 4.69) is 25.9 Å². The molecule has 0 radical (unpaired) electrons. The van der Waals surface area contributed by atoms with Crippen LogP contribution in [0.15, 0.2) is 24.3 Å². The maximum atomic E-state index is 11.8. The first-order chi connectivity index (χ1) is 8.81. The van der Waals surface area contributed by atoms with Crippen LogP contribution in [0.1, 0.15) is 16.2 Å². The largest absolute Gasteiger partial charge is 0.384 e. The van der Waals surface area contributed by atoms with Gasteiger partial charge in [0.25, 0.3) is 11.7 Å². The lowest BCUT2D eigenvalue weighted by atomic mass is 10.1. The van der Waals surface area contributed by atoms with Crippen LogP contribution in [-0.2, 0) is 11.2 Å². The number of ether oxygens (including phenoxy) is 1. The van der Waals surface area contributed by atoms with E-state index in [4.69, 9.17) is 4.74 Å². The number of rotatable bonds is 5. The van der Waals surface area contributed by atoms with Crippen molar-refractivity contribution >= 4 is 11.6 Å². The predicted octanol–water partition coefficient (Wildman–Crippen LogP) is 0.641. The van der Waals surface area contributed by atoms with Crippen molar-refractivity contribution in [2.75, 3.05) is 19.0 Å². The lowest BCUT2D eigenvalue weighted by Crippen LogP contribution is -2.15. The number of nitrogens with one attached hydrogen (secondary N) is 2. The third-order valence-corrected chi connectivity index (χ3v) is 2.39. The zero-order valence-corrected chi connectivity index (χ0v) is 9.88. The Hall–Kier alpha value is -2.28. The van der Waals surface area contributed by atoms with Crippen LogP contribution in [0, 0.1) is 0 Å². The molecule has 2 aromatic rings. The molecule has 1 aromatic carbocycles. The summed E-state index contributed by atoms with van der Waals surface area (Å²) < 4.78 is 5.03. The summed E-state index contributed by atoms with van der Waals surface area (Å²) in [5.41, 5.74) is 1.72. The van der Waals surface area contributed by atoms with Crippen LogP contribution >= 0.6 is 0 Å². The van der Waals surface area contributed by atoms with E-state index in [0.717, 1.165) is 17.7 Å². The summed E-state index contributed by atoms with van der Waals surface area (Å²) in [6.45, 7) is 0.592. The summed E-state index contributed by atoms with van der Waals surface area (Å²) >= 11 is 0. The zero-order valence-electron chi connectivity index (χ0n) is 9.88. The highest BCUT2D eigenvalue weighted by molar-refractivity contribution is 6.01. The molecule has 0 spiro atoms. The van der Waals surface area contributed by atoms with Crippen molar-refractivity contribution in [3.63, 3.8) is 0 Å². The van der Waals surface area contributed by atoms with Crippen molar-refractivity contribution in [2.45, 2.75) is 6.42 Å². The topological polar surface area (TPSA) is 92.8 Å². The number of amides is 1. The highest BCUT2D eigenvalue weighted by atomic mass is 16.5. The van der Waals surface area contributed by atoms with E-state index >= 15 is 0 Å². The molecule has 0 atom stereocenters. The van der Waals surface area contributed by atoms with Gasteiger partial charge in [-0.1, -0.05) is 18.2 Å². The van der Waals surface area contributed by atoms with Crippen molar-refractivity contribution in [1.29, 1.82) is 0 Å². The number of aromatic amines is 1. The first-order valence-corrected chi connectivity index (χ1v) is 5.43. The number of anilines is 1. The lowest BCUT2D eigenvalue weighted by Gasteiger charge is -2.09. The van der Waals surface area contributed by atoms with E-state index in [0.29, 0.717) is 6.61 Å². The predicted molar refractivity (Wildman–Crippen MR) is 64.2 cm³/mol. The fraction of sp³-hybridized carbons (Fsp3) is 0.273. The van der Waals surface area contributed by atoms with Gasteiger partial charge < -0.3 is 10.1 Å². The lowest BCUT2D eigenvalue weighted by molar-refractivity contribution is 0.101. The van der Waals surface area contributed by atoms with Gasteiger partial charge in [0.05, 0.1) is 6.61 Å². The summed E-state index contributed by atoms with van der Waals surface area (Å²) in [5, 5.41) is 15.6. The van der Waals surface area contributed by atoms with Crippen molar-refractivity contribution in [1.82, 2.24) is 20.6 Å². The molecular formula is C11H13N5O2. The smallest absolute Gasteiger partial charge is 0.297 e. The Bertz CT molecular complexity index is 512. The van der Waals surface area contributed by atoms with Crippen LogP contribution in [0.2, 0.25) is 0 Å². The molecule has 0 saturated carbocycles. The quantitative estimate of drug-likeness (QED) is 0.808. The van der Waals surface area contributed by atoms with Gasteiger partial charge in [-0.15, -0.1) is 10.2 Å². The standard InChI is InChI=1S/C11H13N5O2/c1-18-7-6-8-4-2-3-5-9(8)12-11(17)10-13-15-16-14-10/h2-5H,6-7H2,1H3,(H,12,17)(H,13,14,15,16). The first-order valence-electron chi connectivity index (χ1n) is 5.43.